The zero-order chi connectivity index (χ0) is 14.5. The van der Waals surface area contributed by atoms with Crippen molar-refractivity contribution in [2.75, 3.05) is 0 Å². The second-order valence-corrected chi connectivity index (χ2v) is 5.37. The summed E-state index contributed by atoms with van der Waals surface area (Å²) in [6.07, 6.45) is 0.884. The molecule has 0 heterocycles. The van der Waals surface area contributed by atoms with Gasteiger partial charge in [-0.2, -0.15) is 0 Å². The molecule has 0 atom stereocenters. The molecule has 1 aromatic rings. The molecule has 2 nitrogen and oxygen atoms in total. The van der Waals surface area contributed by atoms with Crippen LogP contribution in [0.3, 0.4) is 0 Å². The van der Waals surface area contributed by atoms with Gasteiger partial charge in [0.25, 0.3) is 0 Å². The van der Waals surface area contributed by atoms with Crippen molar-refractivity contribution in [3.8, 4) is 0 Å². The summed E-state index contributed by atoms with van der Waals surface area (Å²) < 4.78 is 0. The molecule has 19 heavy (non-hydrogen) atoms. The van der Waals surface area contributed by atoms with Gasteiger partial charge in [0.1, 0.15) is 0 Å². The minimum atomic E-state index is 0.0125. The summed E-state index contributed by atoms with van der Waals surface area (Å²) in [4.78, 5) is 25.0. The molecule has 1 aliphatic rings. The van der Waals surface area contributed by atoms with Crippen LogP contribution in [0, 0.1) is 20.8 Å². The van der Waals surface area contributed by atoms with Crippen LogP contribution in [-0.2, 0) is 6.42 Å². The Morgan fingerprint density at radius 3 is 1.53 bits per heavy atom. The zero-order valence-electron chi connectivity index (χ0n) is 12.5. The van der Waals surface area contributed by atoms with Gasteiger partial charge in [-0.1, -0.05) is 6.92 Å². The second-order valence-electron chi connectivity index (χ2n) is 5.37. The molecule has 2 heteroatoms. The van der Waals surface area contributed by atoms with Crippen LogP contribution in [0.1, 0.15) is 63.7 Å². The third-order valence-electron chi connectivity index (χ3n) is 4.52. The van der Waals surface area contributed by atoms with E-state index in [-0.39, 0.29) is 11.6 Å². The topological polar surface area (TPSA) is 34.1 Å². The number of fused-ring (bicyclic) bond motifs is 1. The van der Waals surface area contributed by atoms with Crippen LogP contribution in [0.2, 0.25) is 0 Å². The summed E-state index contributed by atoms with van der Waals surface area (Å²) in [6.45, 7) is 11.5. The highest BCUT2D eigenvalue weighted by atomic mass is 16.1. The van der Waals surface area contributed by atoms with Gasteiger partial charge in [-0.05, 0) is 63.3 Å². The third-order valence-corrected chi connectivity index (χ3v) is 4.52. The highest BCUT2D eigenvalue weighted by molar-refractivity contribution is 6.27. The lowest BCUT2D eigenvalue weighted by molar-refractivity contribution is 0.0973. The Morgan fingerprint density at radius 1 is 0.684 bits per heavy atom. The molecule has 0 aromatic heterocycles. The Balaban J connectivity index is 2.94. The Labute approximate surface area is 114 Å². The van der Waals surface area contributed by atoms with E-state index in [0.717, 1.165) is 23.1 Å². The molecule has 0 fully saturated rings. The molecular weight excluding hydrogens is 236 g/mol. The first-order valence-corrected chi connectivity index (χ1v) is 6.72. The fourth-order valence-electron chi connectivity index (χ4n) is 3.03. The molecule has 1 aliphatic carbocycles. The Morgan fingerprint density at radius 2 is 1.11 bits per heavy atom. The van der Waals surface area contributed by atoms with E-state index in [9.17, 15) is 9.59 Å². The summed E-state index contributed by atoms with van der Waals surface area (Å²) in [7, 11) is 0. The van der Waals surface area contributed by atoms with Crippen molar-refractivity contribution in [1.29, 1.82) is 0 Å². The lowest BCUT2D eigenvalue weighted by Gasteiger charge is -2.24. The number of hydrogen-bond donors (Lipinski definition) is 0. The molecule has 0 amide bonds. The highest BCUT2D eigenvalue weighted by Gasteiger charge is 2.32. The molecule has 0 spiro atoms. The first-order chi connectivity index (χ1) is 8.82. The number of Topliss-reactive ketones (excluding diaryl/α,β-unsaturated/α-hetero) is 2. The molecule has 100 valence electrons. The van der Waals surface area contributed by atoms with E-state index < -0.39 is 0 Å². The summed E-state index contributed by atoms with van der Waals surface area (Å²) in [6, 6.07) is 0. The van der Waals surface area contributed by atoms with Gasteiger partial charge in [-0.3, -0.25) is 9.59 Å². The Kier molecular flexibility index (Phi) is 3.21. The van der Waals surface area contributed by atoms with Crippen molar-refractivity contribution in [3.63, 3.8) is 0 Å². The first-order valence-electron chi connectivity index (χ1n) is 6.72. The first kappa shape index (κ1) is 13.7. The Bertz CT molecular complexity index is 646. The summed E-state index contributed by atoms with van der Waals surface area (Å²) in [5.41, 5.74) is 6.72. The van der Waals surface area contributed by atoms with Crippen LogP contribution in [0.4, 0.5) is 0 Å². The van der Waals surface area contributed by atoms with Crippen LogP contribution >= 0.6 is 0 Å². The van der Waals surface area contributed by atoms with E-state index in [1.54, 1.807) is 13.8 Å². The van der Waals surface area contributed by atoms with Gasteiger partial charge in [0.15, 0.2) is 11.6 Å². The maximum absolute atomic E-state index is 12.5. The summed E-state index contributed by atoms with van der Waals surface area (Å²) >= 11 is 0. The predicted octanol–water partition coefficient (Wildman–Crippen LogP) is 3.89. The summed E-state index contributed by atoms with van der Waals surface area (Å²) in [5, 5.41) is 0. The SMILES string of the molecule is CCc1c(C)c(C)c2c(c1C)C(=O)C(C)=C(C)C2=O. The van der Waals surface area contributed by atoms with Gasteiger partial charge in [0, 0.05) is 22.3 Å². The Hall–Kier alpha value is -1.70. The van der Waals surface area contributed by atoms with Crippen molar-refractivity contribution in [3.05, 3.63) is 44.5 Å². The van der Waals surface area contributed by atoms with Crippen molar-refractivity contribution in [2.24, 2.45) is 0 Å². The van der Waals surface area contributed by atoms with Crippen molar-refractivity contribution >= 4 is 11.6 Å². The summed E-state index contributed by atoms with van der Waals surface area (Å²) in [5.74, 6) is 0.0286. The molecule has 0 bridgehead atoms. The van der Waals surface area contributed by atoms with Gasteiger partial charge >= 0.3 is 0 Å². The largest absolute Gasteiger partial charge is 0.289 e. The fourth-order valence-corrected chi connectivity index (χ4v) is 3.03. The van der Waals surface area contributed by atoms with E-state index in [4.69, 9.17) is 0 Å². The normalized spacial score (nSPS) is 15.1. The number of benzene rings is 1. The van der Waals surface area contributed by atoms with Gasteiger partial charge < -0.3 is 0 Å². The predicted molar refractivity (Wildman–Crippen MR) is 77.1 cm³/mol. The second kappa shape index (κ2) is 4.44. The van der Waals surface area contributed by atoms with Crippen LogP contribution in [0.15, 0.2) is 11.1 Å². The molecule has 0 unspecified atom stereocenters. The van der Waals surface area contributed by atoms with Gasteiger partial charge in [-0.15, -0.1) is 0 Å². The van der Waals surface area contributed by atoms with Gasteiger partial charge in [-0.25, -0.2) is 0 Å². The van der Waals surface area contributed by atoms with E-state index >= 15 is 0 Å². The fraction of sp³-hybridized carbons (Fsp3) is 0.412. The molecule has 1 aromatic carbocycles. The van der Waals surface area contributed by atoms with Crippen LogP contribution in [0.25, 0.3) is 0 Å². The van der Waals surface area contributed by atoms with Crippen LogP contribution in [0.5, 0.6) is 0 Å². The van der Waals surface area contributed by atoms with Crippen LogP contribution in [-0.4, -0.2) is 11.6 Å². The molecule has 0 N–H and O–H groups in total. The van der Waals surface area contributed by atoms with Crippen molar-refractivity contribution in [1.82, 2.24) is 0 Å². The molecular formula is C17H20O2. The maximum Gasteiger partial charge on any atom is 0.190 e. The van der Waals surface area contributed by atoms with E-state index in [1.165, 1.54) is 5.56 Å². The van der Waals surface area contributed by atoms with Gasteiger partial charge in [0.2, 0.25) is 0 Å². The van der Waals surface area contributed by atoms with E-state index in [1.807, 2.05) is 20.8 Å². The monoisotopic (exact) mass is 256 g/mol. The third kappa shape index (κ3) is 1.70. The number of carbonyl (C=O) groups is 2. The average molecular weight is 256 g/mol. The molecule has 0 aliphatic heterocycles. The molecule has 0 saturated heterocycles. The van der Waals surface area contributed by atoms with Crippen molar-refractivity contribution < 1.29 is 9.59 Å². The maximum atomic E-state index is 12.5. The minimum absolute atomic E-state index is 0.0125. The average Bonchev–Trinajstić information content (AvgIpc) is 2.38. The zero-order valence-corrected chi connectivity index (χ0v) is 12.5. The van der Waals surface area contributed by atoms with E-state index in [0.29, 0.717) is 22.3 Å². The lowest BCUT2D eigenvalue weighted by atomic mass is 9.77. The standard InChI is InChI=1S/C17H20O2/c1-7-13-8(2)9(3)14-15(12(13)6)17(19)11(5)10(4)16(14)18/h7H2,1-6H3. The van der Waals surface area contributed by atoms with Gasteiger partial charge in [0.05, 0.1) is 0 Å². The minimum Gasteiger partial charge on any atom is -0.289 e. The molecule has 2 rings (SSSR count). The number of carbonyl (C=O) groups excluding carboxylic acids is 2. The quantitative estimate of drug-likeness (QED) is 0.764. The molecule has 0 radical (unpaired) electrons. The smallest absolute Gasteiger partial charge is 0.190 e. The van der Waals surface area contributed by atoms with Crippen LogP contribution < -0.4 is 0 Å². The molecule has 0 saturated carbocycles. The number of rotatable bonds is 1. The number of ketones is 2. The number of hydrogen-bond acceptors (Lipinski definition) is 2. The lowest BCUT2D eigenvalue weighted by Crippen LogP contribution is -2.24. The number of allylic oxidation sites excluding steroid dienone is 2. The van der Waals surface area contributed by atoms with E-state index in [2.05, 4.69) is 6.92 Å². The van der Waals surface area contributed by atoms with Crippen molar-refractivity contribution in [2.45, 2.75) is 48.0 Å². The highest BCUT2D eigenvalue weighted by Crippen LogP contribution is 2.34.